The maximum atomic E-state index is 12.9. The first-order chi connectivity index (χ1) is 17.8. The number of benzene rings is 2. The van der Waals surface area contributed by atoms with Crippen molar-refractivity contribution < 1.29 is 27.4 Å². The molecular weight excluding hydrogens is 496 g/mol. The van der Waals surface area contributed by atoms with E-state index in [1.54, 1.807) is 26.2 Å². The van der Waals surface area contributed by atoms with E-state index in [0.717, 1.165) is 44.0 Å². The van der Waals surface area contributed by atoms with E-state index in [4.69, 9.17) is 18.9 Å². The fourth-order valence-electron chi connectivity index (χ4n) is 3.71. The molecule has 0 aliphatic carbocycles. The van der Waals surface area contributed by atoms with Crippen molar-refractivity contribution in [1.29, 1.82) is 0 Å². The van der Waals surface area contributed by atoms with Crippen LogP contribution in [0.15, 0.2) is 53.6 Å². The van der Waals surface area contributed by atoms with Crippen LogP contribution in [-0.2, 0) is 21.4 Å². The van der Waals surface area contributed by atoms with Crippen molar-refractivity contribution in [2.45, 2.75) is 25.3 Å². The fourth-order valence-corrected chi connectivity index (χ4v) is 4.72. The number of aromatic nitrogens is 2. The number of rotatable bonds is 11. The monoisotopic (exact) mass is 528 g/mol. The number of aryl methyl sites for hydroxylation is 2. The molecule has 0 saturated carbocycles. The number of sulfonamides is 1. The van der Waals surface area contributed by atoms with Crippen LogP contribution in [0.4, 0.5) is 5.82 Å². The van der Waals surface area contributed by atoms with Crippen LogP contribution >= 0.6 is 0 Å². The molecule has 37 heavy (non-hydrogen) atoms. The third kappa shape index (κ3) is 7.31. The predicted molar refractivity (Wildman–Crippen MR) is 139 cm³/mol. The Kier molecular flexibility index (Phi) is 8.80. The Hall–Kier alpha value is -3.41. The summed E-state index contributed by atoms with van der Waals surface area (Å²) in [6.45, 7) is 8.33. The summed E-state index contributed by atoms with van der Waals surface area (Å²) in [6, 6.07) is 12.1. The maximum Gasteiger partial charge on any atom is 0.263 e. The van der Waals surface area contributed by atoms with Gasteiger partial charge < -0.3 is 18.9 Å². The van der Waals surface area contributed by atoms with Gasteiger partial charge in [-0.05, 0) is 43.7 Å². The second-order valence-corrected chi connectivity index (χ2v) is 10.3. The Morgan fingerprint density at radius 2 is 1.78 bits per heavy atom. The number of nitrogens with zero attached hydrogens (tertiary/aromatic N) is 3. The van der Waals surface area contributed by atoms with Crippen LogP contribution < -0.4 is 18.9 Å². The number of nitrogens with one attached hydrogen (secondary N) is 1. The van der Waals surface area contributed by atoms with Crippen molar-refractivity contribution in [2.75, 3.05) is 51.3 Å². The molecule has 0 spiro atoms. The van der Waals surface area contributed by atoms with Gasteiger partial charge in [-0.1, -0.05) is 23.8 Å². The van der Waals surface area contributed by atoms with E-state index < -0.39 is 10.0 Å². The van der Waals surface area contributed by atoms with Crippen LogP contribution in [0.2, 0.25) is 0 Å². The zero-order valence-corrected chi connectivity index (χ0v) is 22.1. The topological polar surface area (TPSA) is 112 Å². The van der Waals surface area contributed by atoms with Crippen molar-refractivity contribution in [3.63, 3.8) is 0 Å². The molecule has 1 aromatic heterocycles. The lowest BCUT2D eigenvalue weighted by atomic mass is 10.2. The fraction of sp³-hybridized carbons (Fsp3) is 0.385. The van der Waals surface area contributed by atoms with E-state index in [2.05, 4.69) is 19.6 Å². The molecule has 0 atom stereocenters. The lowest BCUT2D eigenvalue weighted by Gasteiger charge is -2.26. The first-order valence-electron chi connectivity index (χ1n) is 12.0. The number of ether oxygens (including phenoxy) is 4. The van der Waals surface area contributed by atoms with Crippen LogP contribution in [0.25, 0.3) is 0 Å². The highest BCUT2D eigenvalue weighted by molar-refractivity contribution is 7.92. The minimum atomic E-state index is -3.86. The molecule has 0 radical (unpaired) electrons. The van der Waals surface area contributed by atoms with Crippen LogP contribution in [0.3, 0.4) is 0 Å². The standard InChI is InChI=1S/C26H32N4O6S/c1-19-4-7-22(8-5-19)37(31,32)29-25-26(28-20(2)17-27-25)36-18-21-6-9-23(33-3)24(16-21)35-15-12-30-10-13-34-14-11-30/h4-9,16-17H,10-15,18H2,1-3H3,(H,27,29). The van der Waals surface area contributed by atoms with Crippen molar-refractivity contribution in [3.05, 3.63) is 65.5 Å². The highest BCUT2D eigenvalue weighted by Gasteiger charge is 2.19. The van der Waals surface area contributed by atoms with Gasteiger partial charge in [0.2, 0.25) is 5.82 Å². The molecule has 1 aliphatic rings. The van der Waals surface area contributed by atoms with E-state index in [9.17, 15) is 8.42 Å². The summed E-state index contributed by atoms with van der Waals surface area (Å²) < 4.78 is 51.0. The summed E-state index contributed by atoms with van der Waals surface area (Å²) in [5.74, 6) is 1.32. The van der Waals surface area contributed by atoms with Gasteiger partial charge in [-0.3, -0.25) is 9.62 Å². The van der Waals surface area contributed by atoms with E-state index >= 15 is 0 Å². The van der Waals surface area contributed by atoms with E-state index in [0.29, 0.717) is 23.8 Å². The summed E-state index contributed by atoms with van der Waals surface area (Å²) >= 11 is 0. The Morgan fingerprint density at radius 1 is 1.03 bits per heavy atom. The third-order valence-electron chi connectivity index (χ3n) is 5.80. The van der Waals surface area contributed by atoms with Gasteiger partial charge in [-0.15, -0.1) is 0 Å². The Morgan fingerprint density at radius 3 is 2.51 bits per heavy atom. The molecule has 0 amide bonds. The van der Waals surface area contributed by atoms with E-state index in [-0.39, 0.29) is 23.2 Å². The smallest absolute Gasteiger partial charge is 0.263 e. The van der Waals surface area contributed by atoms with Gasteiger partial charge in [-0.2, -0.15) is 0 Å². The minimum Gasteiger partial charge on any atom is -0.493 e. The summed E-state index contributed by atoms with van der Waals surface area (Å²) in [5, 5.41) is 0. The molecule has 2 heterocycles. The zero-order valence-electron chi connectivity index (χ0n) is 21.3. The highest BCUT2D eigenvalue weighted by atomic mass is 32.2. The summed E-state index contributed by atoms with van der Waals surface area (Å²) in [7, 11) is -2.27. The number of hydrogen-bond donors (Lipinski definition) is 1. The molecule has 198 valence electrons. The van der Waals surface area contributed by atoms with Crippen LogP contribution in [0, 0.1) is 13.8 Å². The largest absolute Gasteiger partial charge is 0.493 e. The van der Waals surface area contributed by atoms with Crippen LogP contribution in [0.1, 0.15) is 16.8 Å². The molecule has 0 bridgehead atoms. The lowest BCUT2D eigenvalue weighted by Crippen LogP contribution is -2.38. The number of anilines is 1. The molecule has 4 rings (SSSR count). The van der Waals surface area contributed by atoms with Crippen molar-refractivity contribution in [3.8, 4) is 17.4 Å². The lowest BCUT2D eigenvalue weighted by molar-refractivity contribution is 0.0321. The summed E-state index contributed by atoms with van der Waals surface area (Å²) in [4.78, 5) is 11.0. The molecule has 1 fully saturated rings. The predicted octanol–water partition coefficient (Wildman–Crippen LogP) is 3.19. The highest BCUT2D eigenvalue weighted by Crippen LogP contribution is 2.29. The molecule has 1 saturated heterocycles. The molecule has 0 unspecified atom stereocenters. The van der Waals surface area contributed by atoms with Gasteiger partial charge >= 0.3 is 0 Å². The Balaban J connectivity index is 1.44. The third-order valence-corrected chi connectivity index (χ3v) is 7.15. The van der Waals surface area contributed by atoms with Gasteiger partial charge in [0.15, 0.2) is 11.5 Å². The number of hydrogen-bond acceptors (Lipinski definition) is 9. The molecule has 11 heteroatoms. The molecular formula is C26H32N4O6S. The first kappa shape index (κ1) is 26.6. The van der Waals surface area contributed by atoms with Gasteiger partial charge in [0, 0.05) is 19.6 Å². The van der Waals surface area contributed by atoms with Gasteiger partial charge in [-0.25, -0.2) is 18.4 Å². The van der Waals surface area contributed by atoms with Crippen molar-refractivity contribution >= 4 is 15.8 Å². The number of methoxy groups -OCH3 is 1. The summed E-state index contributed by atoms with van der Waals surface area (Å²) in [6.07, 6.45) is 1.48. The second kappa shape index (κ2) is 12.2. The zero-order chi connectivity index (χ0) is 26.3. The Bertz CT molecular complexity index is 1290. The molecule has 3 aromatic rings. The quantitative estimate of drug-likeness (QED) is 0.401. The normalized spacial score (nSPS) is 14.2. The summed E-state index contributed by atoms with van der Waals surface area (Å²) in [5.41, 5.74) is 2.36. The number of morpholine rings is 1. The van der Waals surface area contributed by atoms with Gasteiger partial charge in [0.1, 0.15) is 13.2 Å². The average molecular weight is 529 g/mol. The molecule has 2 aromatic carbocycles. The molecule has 1 N–H and O–H groups in total. The van der Waals surface area contributed by atoms with Crippen molar-refractivity contribution in [1.82, 2.24) is 14.9 Å². The van der Waals surface area contributed by atoms with Gasteiger partial charge in [0.25, 0.3) is 15.9 Å². The van der Waals surface area contributed by atoms with Gasteiger partial charge in [0.05, 0.1) is 37.1 Å². The average Bonchev–Trinajstić information content (AvgIpc) is 2.89. The maximum absolute atomic E-state index is 12.9. The molecule has 10 nitrogen and oxygen atoms in total. The Labute approximate surface area is 217 Å². The van der Waals surface area contributed by atoms with Crippen LogP contribution in [0.5, 0.6) is 17.4 Å². The van der Waals surface area contributed by atoms with E-state index in [1.807, 2.05) is 25.1 Å². The second-order valence-electron chi connectivity index (χ2n) is 8.66. The van der Waals surface area contributed by atoms with E-state index in [1.165, 1.54) is 18.3 Å². The first-order valence-corrected chi connectivity index (χ1v) is 13.5. The van der Waals surface area contributed by atoms with Crippen molar-refractivity contribution in [2.24, 2.45) is 0 Å². The minimum absolute atomic E-state index is 0.0154. The van der Waals surface area contributed by atoms with Crippen LogP contribution in [-0.4, -0.2) is 69.9 Å². The SMILES string of the molecule is COc1ccc(COc2nc(C)cnc2NS(=O)(=O)c2ccc(C)cc2)cc1OCCN1CCOCC1. The molecule has 1 aliphatic heterocycles.